The highest BCUT2D eigenvalue weighted by atomic mass is 19.2. The van der Waals surface area contributed by atoms with Crippen molar-refractivity contribution in [3.8, 4) is 0 Å². The normalized spacial score (nSPS) is 20.2. The summed E-state index contributed by atoms with van der Waals surface area (Å²) in [5.41, 5.74) is 17.7. The average Bonchev–Trinajstić information content (AvgIpc) is 2.06. The van der Waals surface area contributed by atoms with E-state index in [2.05, 4.69) is 15.3 Å². The van der Waals surface area contributed by atoms with E-state index < -0.39 is 89.7 Å². The van der Waals surface area contributed by atoms with E-state index in [4.69, 9.17) is 17.2 Å². The molecule has 3 heterocycles. The number of hydrogen-bond donors (Lipinski definition) is 3. The van der Waals surface area contributed by atoms with Gasteiger partial charge in [-0.05, 0) is 110 Å². The fourth-order valence-electron chi connectivity index (χ4n) is 11.0. The average molecular weight is 1170 g/mol. The first-order chi connectivity index (χ1) is 40.1. The fourth-order valence-corrected chi connectivity index (χ4v) is 11.0. The van der Waals surface area contributed by atoms with Gasteiger partial charge in [-0.25, -0.2) is 54.5 Å². The summed E-state index contributed by atoms with van der Waals surface area (Å²) < 4.78 is 123. The second-order valence-electron chi connectivity index (χ2n) is 21.1. The van der Waals surface area contributed by atoms with Crippen LogP contribution in [0.5, 0.6) is 0 Å². The molecule has 84 heavy (non-hydrogen) atoms. The van der Waals surface area contributed by atoms with Gasteiger partial charge in [0.25, 0.3) is 0 Å². The molecule has 3 amide bonds. The quantitative estimate of drug-likeness (QED) is 0.0722. The SMILES string of the molecule is CC(=O)N1N=C(c2cc(F)ccc2F)C[C@@]1(CCC(N)CF)c1ccccc1.CC(=O)N1N=C(c2cc(F)ccc2F)C[C@@]1(CC[C@@H](N)CF)c1ccccc1.CC(=O)N1N=C(c2cc(F)ccc2F)C[C@@]1(CC[C@H](N)CF)c1ccccc1. The lowest BCUT2D eigenvalue weighted by Gasteiger charge is -2.37. The molecule has 6 aromatic rings. The first-order valence-corrected chi connectivity index (χ1v) is 27.2. The number of rotatable bonds is 18. The first kappa shape index (κ1) is 63.6. The van der Waals surface area contributed by atoms with E-state index in [1.807, 2.05) is 91.0 Å². The van der Waals surface area contributed by atoms with Crippen LogP contribution in [0.25, 0.3) is 0 Å². The molecule has 0 bridgehead atoms. The molecule has 6 N–H and O–H groups in total. The standard InChI is InChI=1S/3C21H22F3N3O/c3*1-14(28)27-21(10-9-17(25)13-22,15-5-3-2-4-6-15)12-20(26-27)18-11-16(23)7-8-19(18)24/h3*2-8,11,17H,9-10,12-13,25H2,1H3/t17?,21-;17-,21+;17-,21-/m010/s1. The van der Waals surface area contributed by atoms with Crippen LogP contribution in [0.1, 0.15) is 112 Å². The molecule has 0 aliphatic carbocycles. The Morgan fingerprint density at radius 1 is 0.417 bits per heavy atom. The molecule has 1 unspecified atom stereocenters. The van der Waals surface area contributed by atoms with Crippen LogP contribution in [-0.4, -0.2) is 88.0 Å². The number of nitrogens with zero attached hydrogens (tertiary/aromatic N) is 6. The third kappa shape index (κ3) is 14.3. The summed E-state index contributed by atoms with van der Waals surface area (Å²) in [4.78, 5) is 37.3. The lowest BCUT2D eigenvalue weighted by Crippen LogP contribution is -2.44. The topological polar surface area (TPSA) is 176 Å². The maximum Gasteiger partial charge on any atom is 0.240 e. The van der Waals surface area contributed by atoms with Crippen LogP contribution < -0.4 is 17.2 Å². The number of nitrogens with two attached hydrogens (primary N) is 3. The van der Waals surface area contributed by atoms with Gasteiger partial charge in [-0.2, -0.15) is 15.3 Å². The lowest BCUT2D eigenvalue weighted by atomic mass is 9.79. The minimum absolute atomic E-state index is 0.0128. The molecular weight excluding hydrogens is 1100 g/mol. The largest absolute Gasteiger partial charge is 0.325 e. The van der Waals surface area contributed by atoms with Gasteiger partial charge in [-0.3, -0.25) is 14.4 Å². The van der Waals surface area contributed by atoms with E-state index >= 15 is 0 Å². The third-order valence-corrected chi connectivity index (χ3v) is 15.2. The molecule has 0 aromatic heterocycles. The Morgan fingerprint density at radius 2 is 0.655 bits per heavy atom. The summed E-state index contributed by atoms with van der Waals surface area (Å²) in [5, 5.41) is 17.0. The summed E-state index contributed by atoms with van der Waals surface area (Å²) in [6.07, 6.45) is 2.47. The molecule has 21 heteroatoms. The summed E-state index contributed by atoms with van der Waals surface area (Å²) in [5.74, 6) is -4.66. The highest BCUT2D eigenvalue weighted by molar-refractivity contribution is 6.05. The number of benzene rings is 6. The molecule has 12 nitrogen and oxygen atoms in total. The molecule has 0 saturated heterocycles. The van der Waals surface area contributed by atoms with Gasteiger partial charge in [0.15, 0.2) is 0 Å². The van der Waals surface area contributed by atoms with E-state index in [-0.39, 0.29) is 70.8 Å². The Kier molecular flexibility index (Phi) is 21.2. The Bertz CT molecular complexity index is 3010. The monoisotopic (exact) mass is 1170 g/mol. The van der Waals surface area contributed by atoms with Crippen molar-refractivity contribution >= 4 is 34.9 Å². The van der Waals surface area contributed by atoms with Gasteiger partial charge in [-0.15, -0.1) is 0 Å². The molecule has 9 rings (SSSR count). The van der Waals surface area contributed by atoms with E-state index in [0.717, 1.165) is 71.3 Å². The minimum atomic E-state index is -0.937. The third-order valence-electron chi connectivity index (χ3n) is 15.2. The zero-order valence-corrected chi connectivity index (χ0v) is 46.6. The smallest absolute Gasteiger partial charge is 0.240 e. The Labute approximate surface area is 481 Å². The summed E-state index contributed by atoms with van der Waals surface area (Å²) in [7, 11) is 0. The number of hydrogen-bond acceptors (Lipinski definition) is 9. The van der Waals surface area contributed by atoms with Gasteiger partial charge in [0.05, 0.1) is 33.8 Å². The van der Waals surface area contributed by atoms with Gasteiger partial charge in [0, 0.05) is 74.8 Å². The number of carbonyl (C=O) groups is 3. The van der Waals surface area contributed by atoms with Crippen molar-refractivity contribution in [3.63, 3.8) is 0 Å². The van der Waals surface area contributed by atoms with Gasteiger partial charge in [0.1, 0.15) is 54.9 Å². The van der Waals surface area contributed by atoms with E-state index in [1.165, 1.54) is 35.8 Å². The fraction of sp³-hybridized carbons (Fsp3) is 0.333. The molecular formula is C63H66F9N9O3. The second kappa shape index (κ2) is 28.0. The number of carbonyl (C=O) groups excluding carboxylic acids is 3. The predicted molar refractivity (Wildman–Crippen MR) is 304 cm³/mol. The van der Waals surface area contributed by atoms with E-state index in [1.54, 1.807) is 0 Å². The number of hydrazone groups is 3. The molecule has 3 aliphatic heterocycles. The zero-order chi connectivity index (χ0) is 60.9. The van der Waals surface area contributed by atoms with Crippen molar-refractivity contribution in [2.75, 3.05) is 20.0 Å². The van der Waals surface area contributed by atoms with Crippen LogP contribution in [0.4, 0.5) is 39.5 Å². The molecule has 0 saturated carbocycles. The molecule has 6 aromatic carbocycles. The van der Waals surface area contributed by atoms with Crippen LogP contribution in [0.3, 0.4) is 0 Å². The van der Waals surface area contributed by atoms with Crippen LogP contribution in [0.2, 0.25) is 0 Å². The van der Waals surface area contributed by atoms with Crippen molar-refractivity contribution in [3.05, 3.63) is 214 Å². The van der Waals surface area contributed by atoms with E-state index in [9.17, 15) is 53.9 Å². The number of alkyl halides is 3. The van der Waals surface area contributed by atoms with Crippen molar-refractivity contribution in [1.29, 1.82) is 0 Å². The Balaban J connectivity index is 0.000000181. The van der Waals surface area contributed by atoms with Crippen molar-refractivity contribution in [2.45, 2.75) is 113 Å². The molecule has 0 radical (unpaired) electrons. The number of halogens is 9. The maximum atomic E-state index is 14.4. The Morgan fingerprint density at radius 3 is 0.869 bits per heavy atom. The predicted octanol–water partition coefficient (Wildman–Crippen LogP) is 11.7. The van der Waals surface area contributed by atoms with Gasteiger partial charge in [0.2, 0.25) is 17.7 Å². The van der Waals surface area contributed by atoms with Crippen molar-refractivity contribution in [1.82, 2.24) is 15.0 Å². The minimum Gasteiger partial charge on any atom is -0.325 e. The van der Waals surface area contributed by atoms with Crippen LogP contribution in [0.15, 0.2) is 161 Å². The first-order valence-electron chi connectivity index (χ1n) is 27.2. The highest BCUT2D eigenvalue weighted by Gasteiger charge is 2.49. The molecule has 444 valence electrons. The van der Waals surface area contributed by atoms with Gasteiger partial charge < -0.3 is 17.2 Å². The van der Waals surface area contributed by atoms with Crippen LogP contribution in [-0.2, 0) is 31.0 Å². The van der Waals surface area contributed by atoms with Crippen molar-refractivity contribution in [2.24, 2.45) is 32.5 Å². The number of amides is 3. The highest BCUT2D eigenvalue weighted by Crippen LogP contribution is 2.46. The maximum absolute atomic E-state index is 14.4. The van der Waals surface area contributed by atoms with Crippen LogP contribution in [0, 0.1) is 34.9 Å². The summed E-state index contributed by atoms with van der Waals surface area (Å²) in [6, 6.07) is 34.9. The molecule has 6 atom stereocenters. The lowest BCUT2D eigenvalue weighted by molar-refractivity contribution is -0.135. The van der Waals surface area contributed by atoms with Crippen molar-refractivity contribution < 1.29 is 53.9 Å². The zero-order valence-electron chi connectivity index (χ0n) is 46.6. The molecule has 0 fully saturated rings. The second-order valence-corrected chi connectivity index (χ2v) is 21.1. The van der Waals surface area contributed by atoms with Crippen LogP contribution >= 0.6 is 0 Å². The van der Waals surface area contributed by atoms with E-state index in [0.29, 0.717) is 38.5 Å². The Hall–Kier alpha value is -8.01. The van der Waals surface area contributed by atoms with Gasteiger partial charge >= 0.3 is 0 Å². The summed E-state index contributed by atoms with van der Waals surface area (Å²) in [6.45, 7) is 2.04. The van der Waals surface area contributed by atoms with Gasteiger partial charge in [-0.1, -0.05) is 91.0 Å². The molecule has 0 spiro atoms. The molecule has 3 aliphatic rings. The summed E-state index contributed by atoms with van der Waals surface area (Å²) >= 11 is 0.